The van der Waals surface area contributed by atoms with Crippen molar-refractivity contribution in [2.75, 3.05) is 26.2 Å². The predicted octanol–water partition coefficient (Wildman–Crippen LogP) is 2.77. The molecule has 0 spiro atoms. The van der Waals surface area contributed by atoms with Gasteiger partial charge in [-0.15, -0.1) is 24.8 Å². The number of nitrogens with zero attached hydrogens (tertiary/aromatic N) is 3. The second-order valence-electron chi connectivity index (χ2n) is 4.79. The maximum Gasteiger partial charge on any atom is 0.271 e. The largest absolute Gasteiger partial charge is 0.506 e. The van der Waals surface area contributed by atoms with E-state index in [1.807, 2.05) is 0 Å². The fourth-order valence-electron chi connectivity index (χ4n) is 2.48. The summed E-state index contributed by atoms with van der Waals surface area (Å²) in [7, 11) is 0. The summed E-state index contributed by atoms with van der Waals surface area (Å²) in [4.78, 5) is 12.5. The summed E-state index contributed by atoms with van der Waals surface area (Å²) in [6.45, 7) is 3.04. The minimum atomic E-state index is -0.505. The molecule has 0 unspecified atom stereocenters. The predicted molar refractivity (Wildman–Crippen MR) is 94.4 cm³/mol. The Hall–Kier alpha value is -1.11. The standard InChI is InChI=1S/C13H15BrN4O3.2ClH/c14-11-8-9(18(20)21)7-10(13(11)19)12(1-2-15)17-5-3-16-4-6-17;;/h7-8,12,16,19H,1,3-6H2;2*1H/t12-;;/m1../s1. The van der Waals surface area contributed by atoms with Gasteiger partial charge in [0.05, 0.1) is 27.9 Å². The molecule has 23 heavy (non-hydrogen) atoms. The van der Waals surface area contributed by atoms with Gasteiger partial charge in [0.1, 0.15) is 5.75 Å². The Morgan fingerprint density at radius 1 is 1.43 bits per heavy atom. The van der Waals surface area contributed by atoms with Crippen LogP contribution in [0, 0.1) is 21.4 Å². The number of nitrogens with one attached hydrogen (secondary N) is 1. The molecule has 10 heteroatoms. The molecule has 1 aliphatic heterocycles. The number of aromatic hydroxyl groups is 1. The third-order valence-electron chi connectivity index (χ3n) is 3.52. The van der Waals surface area contributed by atoms with Crippen LogP contribution in [0.3, 0.4) is 0 Å². The van der Waals surface area contributed by atoms with E-state index in [1.54, 1.807) is 0 Å². The van der Waals surface area contributed by atoms with Gasteiger partial charge in [0.15, 0.2) is 0 Å². The van der Waals surface area contributed by atoms with Crippen molar-refractivity contribution < 1.29 is 10.0 Å². The van der Waals surface area contributed by atoms with Crippen LogP contribution >= 0.6 is 40.7 Å². The lowest BCUT2D eigenvalue weighted by Crippen LogP contribution is -2.45. The van der Waals surface area contributed by atoms with Gasteiger partial charge in [-0.2, -0.15) is 5.26 Å². The highest BCUT2D eigenvalue weighted by Gasteiger charge is 2.27. The Labute approximate surface area is 154 Å². The molecule has 128 valence electrons. The smallest absolute Gasteiger partial charge is 0.271 e. The third kappa shape index (κ3) is 5.19. The molecule has 2 N–H and O–H groups in total. The summed E-state index contributed by atoms with van der Waals surface area (Å²) < 4.78 is 0.268. The summed E-state index contributed by atoms with van der Waals surface area (Å²) in [5, 5.41) is 33.5. The van der Waals surface area contributed by atoms with Crippen LogP contribution in [-0.2, 0) is 0 Å². The van der Waals surface area contributed by atoms with Crippen molar-refractivity contribution in [3.63, 3.8) is 0 Å². The summed E-state index contributed by atoms with van der Waals surface area (Å²) in [5.41, 5.74) is 0.312. The van der Waals surface area contributed by atoms with Gasteiger partial charge in [-0.1, -0.05) is 0 Å². The van der Waals surface area contributed by atoms with Gasteiger partial charge in [0.2, 0.25) is 0 Å². The van der Waals surface area contributed by atoms with E-state index in [0.717, 1.165) is 26.2 Å². The summed E-state index contributed by atoms with van der Waals surface area (Å²) in [5.74, 6) is -0.0422. The molecule has 1 aromatic rings. The van der Waals surface area contributed by atoms with Crippen molar-refractivity contribution in [2.24, 2.45) is 0 Å². The van der Waals surface area contributed by atoms with E-state index in [-0.39, 0.29) is 53.2 Å². The molecule has 1 aromatic carbocycles. The molecule has 0 saturated carbocycles. The molecule has 1 fully saturated rings. The Kier molecular flexibility index (Phi) is 9.42. The minimum Gasteiger partial charge on any atom is -0.506 e. The molecule has 0 aromatic heterocycles. The van der Waals surface area contributed by atoms with E-state index in [9.17, 15) is 15.2 Å². The van der Waals surface area contributed by atoms with Gasteiger partial charge in [0, 0.05) is 43.9 Å². The zero-order chi connectivity index (χ0) is 15.4. The number of phenols is 1. The van der Waals surface area contributed by atoms with E-state index in [4.69, 9.17) is 5.26 Å². The van der Waals surface area contributed by atoms with Crippen molar-refractivity contribution in [2.45, 2.75) is 12.5 Å². The molecule has 0 aliphatic carbocycles. The van der Waals surface area contributed by atoms with Gasteiger partial charge < -0.3 is 10.4 Å². The normalized spacial score (nSPS) is 15.7. The number of hydrogen-bond donors (Lipinski definition) is 2. The van der Waals surface area contributed by atoms with Crippen LogP contribution in [0.15, 0.2) is 16.6 Å². The van der Waals surface area contributed by atoms with Crippen molar-refractivity contribution >= 4 is 46.4 Å². The first-order valence-corrected chi connectivity index (χ1v) is 7.32. The molecule has 0 amide bonds. The molecule has 0 radical (unpaired) electrons. The van der Waals surface area contributed by atoms with Gasteiger partial charge in [-0.05, 0) is 15.9 Å². The number of benzene rings is 1. The number of piperazine rings is 1. The molecule has 2 rings (SSSR count). The number of nitro benzene ring substituents is 1. The monoisotopic (exact) mass is 426 g/mol. The van der Waals surface area contributed by atoms with Gasteiger partial charge >= 0.3 is 0 Å². The number of nitriles is 1. The second kappa shape index (κ2) is 9.90. The van der Waals surface area contributed by atoms with E-state index in [2.05, 4.69) is 32.2 Å². The molecule has 7 nitrogen and oxygen atoms in total. The van der Waals surface area contributed by atoms with Crippen LogP contribution in [0.4, 0.5) is 5.69 Å². The maximum atomic E-state index is 11.0. The Morgan fingerprint density at radius 2 is 2.04 bits per heavy atom. The number of phenolic OH excluding ortho intramolecular Hbond substituents is 1. The maximum absolute atomic E-state index is 11.0. The van der Waals surface area contributed by atoms with Gasteiger partial charge in [0.25, 0.3) is 5.69 Å². The van der Waals surface area contributed by atoms with Crippen molar-refractivity contribution in [3.8, 4) is 11.8 Å². The average molecular weight is 428 g/mol. The number of nitro groups is 1. The summed E-state index contributed by atoms with van der Waals surface area (Å²) in [6, 6.07) is 4.36. The first kappa shape index (κ1) is 21.9. The van der Waals surface area contributed by atoms with Gasteiger partial charge in [-0.25, -0.2) is 0 Å². The average Bonchev–Trinajstić information content (AvgIpc) is 2.48. The number of rotatable bonds is 4. The van der Waals surface area contributed by atoms with Crippen LogP contribution < -0.4 is 5.32 Å². The summed E-state index contributed by atoms with van der Waals surface area (Å²) in [6.07, 6.45) is 0.168. The van der Waals surface area contributed by atoms with Crippen LogP contribution in [0.1, 0.15) is 18.0 Å². The SMILES string of the molecule is Cl.Cl.N#CC[C@H](c1cc([N+](=O)[O-])cc(Br)c1O)N1CCNCC1. The highest BCUT2D eigenvalue weighted by molar-refractivity contribution is 9.10. The minimum absolute atomic E-state index is 0. The van der Waals surface area contributed by atoms with Crippen LogP contribution in [0.2, 0.25) is 0 Å². The molecule has 1 saturated heterocycles. The highest BCUT2D eigenvalue weighted by atomic mass is 79.9. The third-order valence-corrected chi connectivity index (χ3v) is 4.13. The zero-order valence-corrected chi connectivity index (χ0v) is 15.3. The van der Waals surface area contributed by atoms with Gasteiger partial charge in [-0.3, -0.25) is 15.0 Å². The quantitative estimate of drug-likeness (QED) is 0.565. The molecule has 1 atom stereocenters. The Balaban J connectivity index is 0.00000242. The topological polar surface area (TPSA) is 102 Å². The lowest BCUT2D eigenvalue weighted by atomic mass is 10.00. The van der Waals surface area contributed by atoms with E-state index in [1.165, 1.54) is 12.1 Å². The molecule has 0 bridgehead atoms. The second-order valence-corrected chi connectivity index (χ2v) is 5.64. The molecular formula is C13H17BrCl2N4O3. The van der Waals surface area contributed by atoms with E-state index in [0.29, 0.717) is 5.56 Å². The molecular weight excluding hydrogens is 411 g/mol. The van der Waals surface area contributed by atoms with Crippen LogP contribution in [0.5, 0.6) is 5.75 Å². The summed E-state index contributed by atoms with van der Waals surface area (Å²) >= 11 is 3.14. The van der Waals surface area contributed by atoms with E-state index >= 15 is 0 Å². The van der Waals surface area contributed by atoms with E-state index < -0.39 is 4.92 Å². The zero-order valence-electron chi connectivity index (χ0n) is 12.1. The van der Waals surface area contributed by atoms with Crippen LogP contribution in [0.25, 0.3) is 0 Å². The lowest BCUT2D eigenvalue weighted by molar-refractivity contribution is -0.385. The first-order chi connectivity index (χ1) is 10.0. The number of hydrogen-bond acceptors (Lipinski definition) is 6. The van der Waals surface area contributed by atoms with Crippen molar-refractivity contribution in [1.82, 2.24) is 10.2 Å². The lowest BCUT2D eigenvalue weighted by Gasteiger charge is -2.34. The molecule has 1 aliphatic rings. The first-order valence-electron chi connectivity index (χ1n) is 6.53. The Bertz CT molecular complexity index is 591. The Morgan fingerprint density at radius 3 is 2.57 bits per heavy atom. The number of non-ortho nitro benzene ring substituents is 1. The van der Waals surface area contributed by atoms with Crippen molar-refractivity contribution in [3.05, 3.63) is 32.3 Å². The van der Waals surface area contributed by atoms with Crippen LogP contribution in [-0.4, -0.2) is 41.1 Å². The van der Waals surface area contributed by atoms with Crippen molar-refractivity contribution in [1.29, 1.82) is 5.26 Å². The highest BCUT2D eigenvalue weighted by Crippen LogP contribution is 2.39. The molecule has 1 heterocycles. The fourth-order valence-corrected chi connectivity index (χ4v) is 2.94. The fraction of sp³-hybridized carbons (Fsp3) is 0.462. The number of halogens is 3.